The van der Waals surface area contributed by atoms with Crippen molar-refractivity contribution in [2.45, 2.75) is 70.8 Å². The highest BCUT2D eigenvalue weighted by Crippen LogP contribution is 2.36. The number of hydrogen-bond donors (Lipinski definition) is 1. The third-order valence-electron chi connectivity index (χ3n) is 5.53. The molecule has 20 heavy (non-hydrogen) atoms. The van der Waals surface area contributed by atoms with Crippen molar-refractivity contribution in [3.05, 3.63) is 0 Å². The molecule has 3 unspecified atom stereocenters. The van der Waals surface area contributed by atoms with Crippen LogP contribution in [0.15, 0.2) is 0 Å². The van der Waals surface area contributed by atoms with Crippen LogP contribution in [0.4, 0.5) is 0 Å². The smallest absolute Gasteiger partial charge is 0.308 e. The van der Waals surface area contributed by atoms with Crippen LogP contribution in [0.2, 0.25) is 0 Å². The molecule has 2 saturated carbocycles. The van der Waals surface area contributed by atoms with Crippen molar-refractivity contribution in [2.75, 3.05) is 13.6 Å². The Morgan fingerprint density at radius 2 is 1.85 bits per heavy atom. The van der Waals surface area contributed by atoms with E-state index in [-0.39, 0.29) is 12.0 Å². The zero-order chi connectivity index (χ0) is 14.5. The fraction of sp³-hybridized carbons (Fsp3) is 0.941. The van der Waals surface area contributed by atoms with Gasteiger partial charge in [-0.3, -0.25) is 4.79 Å². The van der Waals surface area contributed by atoms with Gasteiger partial charge in [-0.25, -0.2) is 0 Å². The molecule has 2 fully saturated rings. The molecule has 0 amide bonds. The molecule has 0 aromatic heterocycles. The Bertz CT molecular complexity index is 312. The van der Waals surface area contributed by atoms with E-state index in [2.05, 4.69) is 18.9 Å². The number of nitrogens with zero attached hydrogens (tertiary/aromatic N) is 1. The summed E-state index contributed by atoms with van der Waals surface area (Å²) in [6, 6.07) is 0.262. The van der Waals surface area contributed by atoms with Gasteiger partial charge in [0.1, 0.15) is 0 Å². The molecule has 2 aliphatic rings. The molecule has 0 bridgehead atoms. The normalized spacial score (nSPS) is 31.9. The molecule has 3 heteroatoms. The van der Waals surface area contributed by atoms with E-state index in [0.717, 1.165) is 37.6 Å². The Balaban J connectivity index is 1.95. The van der Waals surface area contributed by atoms with Crippen LogP contribution in [0.3, 0.4) is 0 Å². The summed E-state index contributed by atoms with van der Waals surface area (Å²) >= 11 is 0. The number of carbonyl (C=O) groups is 1. The molecule has 0 spiro atoms. The molecule has 0 radical (unpaired) electrons. The summed E-state index contributed by atoms with van der Waals surface area (Å²) in [4.78, 5) is 13.9. The molecule has 0 aromatic carbocycles. The van der Waals surface area contributed by atoms with Crippen molar-refractivity contribution in [2.24, 2.45) is 17.8 Å². The van der Waals surface area contributed by atoms with Crippen LogP contribution in [0, 0.1) is 17.8 Å². The van der Waals surface area contributed by atoms with E-state index in [1.54, 1.807) is 0 Å². The first kappa shape index (κ1) is 15.8. The molecule has 2 rings (SSSR count). The fourth-order valence-corrected chi connectivity index (χ4v) is 4.41. The van der Waals surface area contributed by atoms with Crippen LogP contribution in [-0.4, -0.2) is 35.6 Å². The van der Waals surface area contributed by atoms with E-state index < -0.39 is 5.97 Å². The van der Waals surface area contributed by atoms with Crippen molar-refractivity contribution in [3.8, 4) is 0 Å². The van der Waals surface area contributed by atoms with Crippen molar-refractivity contribution < 1.29 is 9.90 Å². The third kappa shape index (κ3) is 3.97. The molecule has 0 saturated heterocycles. The lowest BCUT2D eigenvalue weighted by Crippen LogP contribution is -2.46. The van der Waals surface area contributed by atoms with Crippen LogP contribution in [0.25, 0.3) is 0 Å². The van der Waals surface area contributed by atoms with E-state index >= 15 is 0 Å². The average molecular weight is 281 g/mol. The van der Waals surface area contributed by atoms with E-state index in [0.29, 0.717) is 0 Å². The zero-order valence-corrected chi connectivity index (χ0v) is 13.2. The summed E-state index contributed by atoms with van der Waals surface area (Å²) in [6.45, 7) is 3.34. The maximum Gasteiger partial charge on any atom is 0.308 e. The molecular formula is C17H31NO2. The summed E-state index contributed by atoms with van der Waals surface area (Å²) in [6.07, 6.45) is 11.0. The minimum absolute atomic E-state index is 0.144. The molecular weight excluding hydrogens is 250 g/mol. The minimum atomic E-state index is -0.580. The third-order valence-corrected chi connectivity index (χ3v) is 5.53. The van der Waals surface area contributed by atoms with Gasteiger partial charge in [0.25, 0.3) is 0 Å². The second-order valence-electron chi connectivity index (χ2n) is 7.07. The summed E-state index contributed by atoms with van der Waals surface area (Å²) < 4.78 is 0. The predicted molar refractivity (Wildman–Crippen MR) is 81.8 cm³/mol. The van der Waals surface area contributed by atoms with Gasteiger partial charge in [-0.2, -0.15) is 0 Å². The zero-order valence-electron chi connectivity index (χ0n) is 13.2. The van der Waals surface area contributed by atoms with Crippen molar-refractivity contribution in [1.82, 2.24) is 4.90 Å². The molecule has 1 N–H and O–H groups in total. The first-order valence-electron chi connectivity index (χ1n) is 8.54. The second kappa shape index (κ2) is 7.44. The van der Waals surface area contributed by atoms with Gasteiger partial charge in [0.15, 0.2) is 0 Å². The summed E-state index contributed by atoms with van der Waals surface area (Å²) in [5.41, 5.74) is 0. The van der Waals surface area contributed by atoms with Crippen molar-refractivity contribution in [1.29, 1.82) is 0 Å². The van der Waals surface area contributed by atoms with E-state index in [1.165, 1.54) is 38.5 Å². The van der Waals surface area contributed by atoms with Gasteiger partial charge in [0, 0.05) is 12.6 Å². The SMILES string of the molecule is CCCC1CCC(C(=O)O)C(N(C)CC2CCCC2)C1. The van der Waals surface area contributed by atoms with E-state index in [9.17, 15) is 9.90 Å². The molecule has 0 aromatic rings. The van der Waals surface area contributed by atoms with Gasteiger partial charge in [-0.05, 0) is 51.0 Å². The summed E-state index contributed by atoms with van der Waals surface area (Å²) in [5.74, 6) is 0.824. The first-order chi connectivity index (χ1) is 9.61. The molecule has 3 nitrogen and oxygen atoms in total. The quantitative estimate of drug-likeness (QED) is 0.805. The minimum Gasteiger partial charge on any atom is -0.481 e. The Morgan fingerprint density at radius 3 is 2.45 bits per heavy atom. The average Bonchev–Trinajstić information content (AvgIpc) is 2.91. The first-order valence-corrected chi connectivity index (χ1v) is 8.54. The number of carboxylic acids is 1. The second-order valence-corrected chi connectivity index (χ2v) is 7.07. The number of carboxylic acid groups (broad SMARTS) is 1. The van der Waals surface area contributed by atoms with Crippen molar-refractivity contribution in [3.63, 3.8) is 0 Å². The van der Waals surface area contributed by atoms with E-state index in [4.69, 9.17) is 0 Å². The molecule has 0 aliphatic heterocycles. The fourth-order valence-electron chi connectivity index (χ4n) is 4.41. The van der Waals surface area contributed by atoms with E-state index in [1.807, 2.05) is 0 Å². The van der Waals surface area contributed by atoms with Gasteiger partial charge in [-0.15, -0.1) is 0 Å². The summed E-state index contributed by atoms with van der Waals surface area (Å²) in [5, 5.41) is 9.51. The van der Waals surface area contributed by atoms with Gasteiger partial charge < -0.3 is 10.0 Å². The maximum absolute atomic E-state index is 11.5. The largest absolute Gasteiger partial charge is 0.481 e. The summed E-state index contributed by atoms with van der Waals surface area (Å²) in [7, 11) is 2.16. The standard InChI is InChI=1S/C17H31NO2/c1-3-6-13-9-10-15(17(19)20)16(11-13)18(2)12-14-7-4-5-8-14/h13-16H,3-12H2,1-2H3,(H,19,20). The Hall–Kier alpha value is -0.570. The van der Waals surface area contributed by atoms with Gasteiger partial charge >= 0.3 is 5.97 Å². The Kier molecular flexibility index (Phi) is 5.88. The lowest BCUT2D eigenvalue weighted by Gasteiger charge is -2.40. The van der Waals surface area contributed by atoms with Crippen LogP contribution >= 0.6 is 0 Å². The molecule has 0 heterocycles. The van der Waals surface area contributed by atoms with Gasteiger partial charge in [0.05, 0.1) is 5.92 Å². The van der Waals surface area contributed by atoms with Crippen LogP contribution in [-0.2, 0) is 4.79 Å². The topological polar surface area (TPSA) is 40.5 Å². The number of rotatable bonds is 6. The van der Waals surface area contributed by atoms with Gasteiger partial charge in [-0.1, -0.05) is 32.6 Å². The predicted octanol–water partition coefficient (Wildman–Crippen LogP) is 3.78. The number of hydrogen-bond acceptors (Lipinski definition) is 2. The molecule has 116 valence electrons. The lowest BCUT2D eigenvalue weighted by atomic mass is 9.76. The van der Waals surface area contributed by atoms with Crippen molar-refractivity contribution >= 4 is 5.97 Å². The molecule has 3 atom stereocenters. The van der Waals surface area contributed by atoms with Crippen LogP contribution < -0.4 is 0 Å². The highest BCUT2D eigenvalue weighted by atomic mass is 16.4. The number of aliphatic carboxylic acids is 1. The highest BCUT2D eigenvalue weighted by molar-refractivity contribution is 5.71. The molecule has 2 aliphatic carbocycles. The Morgan fingerprint density at radius 1 is 1.15 bits per heavy atom. The van der Waals surface area contributed by atoms with Crippen LogP contribution in [0.5, 0.6) is 0 Å². The highest BCUT2D eigenvalue weighted by Gasteiger charge is 2.37. The maximum atomic E-state index is 11.5. The van der Waals surface area contributed by atoms with Crippen LogP contribution in [0.1, 0.15) is 64.7 Å². The lowest BCUT2D eigenvalue weighted by molar-refractivity contribution is -0.146. The monoisotopic (exact) mass is 281 g/mol. The van der Waals surface area contributed by atoms with Gasteiger partial charge in [0.2, 0.25) is 0 Å². The Labute approximate surface area is 123 Å².